The van der Waals surface area contributed by atoms with E-state index >= 15 is 0 Å². The topological polar surface area (TPSA) is 63.3 Å². The molecule has 0 amide bonds. The van der Waals surface area contributed by atoms with Crippen molar-refractivity contribution in [3.8, 4) is 0 Å². The normalized spacial score (nSPS) is 23.0. The highest BCUT2D eigenvalue weighted by atomic mass is 16.4. The Labute approximate surface area is 105 Å². The molecular weight excluding hydrogens is 214 g/mol. The molecule has 100 valence electrons. The van der Waals surface area contributed by atoms with Gasteiger partial charge in [0.25, 0.3) is 0 Å². The molecule has 3 atom stereocenters. The zero-order valence-electron chi connectivity index (χ0n) is 11.2. The van der Waals surface area contributed by atoms with E-state index in [-0.39, 0.29) is 18.4 Å². The summed E-state index contributed by atoms with van der Waals surface area (Å²) in [6, 6.07) is 0. The first-order chi connectivity index (χ1) is 8.11. The van der Waals surface area contributed by atoms with Crippen LogP contribution in [0.15, 0.2) is 0 Å². The maximum atomic E-state index is 11.4. The van der Waals surface area contributed by atoms with Gasteiger partial charge in [-0.2, -0.15) is 0 Å². The Hall–Kier alpha value is -0.570. The van der Waals surface area contributed by atoms with Crippen LogP contribution in [0.5, 0.6) is 0 Å². The van der Waals surface area contributed by atoms with E-state index in [9.17, 15) is 9.90 Å². The highest BCUT2D eigenvalue weighted by molar-refractivity contribution is 5.70. The standard InChI is InChI=1S/C14H27NO2/c1-3-10(2)13(12(9-15)14(16)17)11-7-5-4-6-8-11/h10-13H,3-9,15H2,1-2H3,(H,16,17). The van der Waals surface area contributed by atoms with E-state index in [0.29, 0.717) is 11.8 Å². The van der Waals surface area contributed by atoms with Crippen LogP contribution >= 0.6 is 0 Å². The third-order valence-electron chi connectivity index (χ3n) is 4.53. The Bertz CT molecular complexity index is 236. The molecule has 3 nitrogen and oxygen atoms in total. The van der Waals surface area contributed by atoms with Gasteiger partial charge in [-0.3, -0.25) is 4.79 Å². The van der Waals surface area contributed by atoms with Crippen LogP contribution in [0.25, 0.3) is 0 Å². The molecule has 3 N–H and O–H groups in total. The average Bonchev–Trinajstić information content (AvgIpc) is 2.35. The number of carboxylic acid groups (broad SMARTS) is 1. The minimum absolute atomic E-state index is 0.266. The first kappa shape index (κ1) is 14.5. The molecule has 0 saturated heterocycles. The summed E-state index contributed by atoms with van der Waals surface area (Å²) in [6.45, 7) is 4.61. The number of carbonyl (C=O) groups is 1. The lowest BCUT2D eigenvalue weighted by Gasteiger charge is -2.37. The fourth-order valence-corrected chi connectivity index (χ4v) is 3.40. The Balaban J connectivity index is 2.80. The van der Waals surface area contributed by atoms with Crippen LogP contribution in [-0.2, 0) is 4.79 Å². The summed E-state index contributed by atoms with van der Waals surface area (Å²) in [6.07, 6.45) is 7.26. The molecule has 3 unspecified atom stereocenters. The van der Waals surface area contributed by atoms with Gasteiger partial charge in [0.15, 0.2) is 0 Å². The Kier molecular flexibility index (Phi) is 5.96. The van der Waals surface area contributed by atoms with Gasteiger partial charge in [0.2, 0.25) is 0 Å². The molecule has 0 radical (unpaired) electrons. The Morgan fingerprint density at radius 1 is 1.35 bits per heavy atom. The largest absolute Gasteiger partial charge is 0.481 e. The third kappa shape index (κ3) is 3.70. The predicted molar refractivity (Wildman–Crippen MR) is 69.7 cm³/mol. The highest BCUT2D eigenvalue weighted by Gasteiger charge is 2.36. The van der Waals surface area contributed by atoms with Crippen LogP contribution in [0.2, 0.25) is 0 Å². The molecule has 0 bridgehead atoms. The highest BCUT2D eigenvalue weighted by Crippen LogP contribution is 2.39. The summed E-state index contributed by atoms with van der Waals surface area (Å²) in [5.74, 6) is 0.241. The van der Waals surface area contributed by atoms with Crippen LogP contribution in [0.4, 0.5) is 0 Å². The minimum Gasteiger partial charge on any atom is -0.481 e. The molecule has 0 heterocycles. The van der Waals surface area contributed by atoms with Crippen molar-refractivity contribution in [2.24, 2.45) is 29.4 Å². The van der Waals surface area contributed by atoms with Crippen molar-refractivity contribution in [2.45, 2.75) is 52.4 Å². The first-order valence-electron chi connectivity index (χ1n) is 7.04. The van der Waals surface area contributed by atoms with Gasteiger partial charge in [-0.1, -0.05) is 52.4 Å². The lowest BCUT2D eigenvalue weighted by Crippen LogP contribution is -2.39. The molecule has 0 spiro atoms. The van der Waals surface area contributed by atoms with E-state index in [2.05, 4.69) is 13.8 Å². The molecule has 1 aliphatic carbocycles. The molecule has 0 aromatic carbocycles. The fourth-order valence-electron chi connectivity index (χ4n) is 3.40. The maximum Gasteiger partial charge on any atom is 0.308 e. The first-order valence-corrected chi connectivity index (χ1v) is 7.04. The molecule has 1 aliphatic rings. The van der Waals surface area contributed by atoms with Crippen molar-refractivity contribution in [1.82, 2.24) is 0 Å². The van der Waals surface area contributed by atoms with Crippen molar-refractivity contribution >= 4 is 5.97 Å². The second-order valence-electron chi connectivity index (χ2n) is 5.54. The van der Waals surface area contributed by atoms with Gasteiger partial charge >= 0.3 is 5.97 Å². The number of nitrogens with two attached hydrogens (primary N) is 1. The van der Waals surface area contributed by atoms with Crippen molar-refractivity contribution < 1.29 is 9.90 Å². The van der Waals surface area contributed by atoms with E-state index in [1.54, 1.807) is 0 Å². The minimum atomic E-state index is -0.705. The molecule has 1 fully saturated rings. The quantitative estimate of drug-likeness (QED) is 0.751. The van der Waals surface area contributed by atoms with Gasteiger partial charge in [0, 0.05) is 6.54 Å². The molecule has 0 aromatic rings. The lowest BCUT2D eigenvalue weighted by molar-refractivity contribution is -0.145. The summed E-state index contributed by atoms with van der Waals surface area (Å²) < 4.78 is 0. The number of carboxylic acids is 1. The molecule has 1 rings (SSSR count). The number of aliphatic carboxylic acids is 1. The second kappa shape index (κ2) is 7.00. The fraction of sp³-hybridized carbons (Fsp3) is 0.929. The van der Waals surface area contributed by atoms with Crippen LogP contribution < -0.4 is 5.73 Å². The number of hydrogen-bond acceptors (Lipinski definition) is 2. The molecule has 0 aromatic heterocycles. The SMILES string of the molecule is CCC(C)C(C1CCCCC1)C(CN)C(=O)O. The zero-order valence-corrected chi connectivity index (χ0v) is 11.2. The van der Waals surface area contributed by atoms with E-state index in [0.717, 1.165) is 6.42 Å². The maximum absolute atomic E-state index is 11.4. The van der Waals surface area contributed by atoms with Crippen molar-refractivity contribution in [2.75, 3.05) is 6.54 Å². The van der Waals surface area contributed by atoms with Gasteiger partial charge in [0.05, 0.1) is 5.92 Å². The van der Waals surface area contributed by atoms with E-state index in [1.807, 2.05) is 0 Å². The van der Waals surface area contributed by atoms with Crippen LogP contribution in [0.3, 0.4) is 0 Å². The summed E-state index contributed by atoms with van der Waals surface area (Å²) in [5.41, 5.74) is 5.69. The number of hydrogen-bond donors (Lipinski definition) is 2. The Morgan fingerprint density at radius 3 is 2.35 bits per heavy atom. The van der Waals surface area contributed by atoms with E-state index in [4.69, 9.17) is 5.73 Å². The number of rotatable bonds is 6. The Morgan fingerprint density at radius 2 is 1.94 bits per heavy atom. The molecule has 0 aliphatic heterocycles. The predicted octanol–water partition coefficient (Wildman–Crippen LogP) is 2.89. The van der Waals surface area contributed by atoms with E-state index in [1.165, 1.54) is 32.1 Å². The van der Waals surface area contributed by atoms with Crippen LogP contribution in [0, 0.1) is 23.7 Å². The third-order valence-corrected chi connectivity index (χ3v) is 4.53. The molecular formula is C14H27NO2. The monoisotopic (exact) mass is 241 g/mol. The zero-order chi connectivity index (χ0) is 12.8. The molecule has 17 heavy (non-hydrogen) atoms. The van der Waals surface area contributed by atoms with Gasteiger partial charge in [0.1, 0.15) is 0 Å². The van der Waals surface area contributed by atoms with Gasteiger partial charge in [-0.25, -0.2) is 0 Å². The van der Waals surface area contributed by atoms with E-state index < -0.39 is 5.97 Å². The van der Waals surface area contributed by atoms with Gasteiger partial charge < -0.3 is 10.8 Å². The lowest BCUT2D eigenvalue weighted by atomic mass is 9.68. The van der Waals surface area contributed by atoms with Crippen molar-refractivity contribution in [3.63, 3.8) is 0 Å². The van der Waals surface area contributed by atoms with Crippen LogP contribution in [0.1, 0.15) is 52.4 Å². The molecule has 3 heteroatoms. The summed E-state index contributed by atoms with van der Waals surface area (Å²) >= 11 is 0. The second-order valence-corrected chi connectivity index (χ2v) is 5.54. The van der Waals surface area contributed by atoms with Gasteiger partial charge in [-0.05, 0) is 17.8 Å². The van der Waals surface area contributed by atoms with Crippen LogP contribution in [-0.4, -0.2) is 17.6 Å². The van der Waals surface area contributed by atoms with Crippen molar-refractivity contribution in [3.05, 3.63) is 0 Å². The summed E-state index contributed by atoms with van der Waals surface area (Å²) in [7, 11) is 0. The molecule has 1 saturated carbocycles. The summed E-state index contributed by atoms with van der Waals surface area (Å²) in [4.78, 5) is 11.4. The van der Waals surface area contributed by atoms with Gasteiger partial charge in [-0.15, -0.1) is 0 Å². The smallest absolute Gasteiger partial charge is 0.308 e. The van der Waals surface area contributed by atoms with Crippen molar-refractivity contribution in [1.29, 1.82) is 0 Å². The average molecular weight is 241 g/mol. The summed E-state index contributed by atoms with van der Waals surface area (Å²) in [5, 5.41) is 9.34.